The Labute approximate surface area is 244 Å². The van der Waals surface area contributed by atoms with Gasteiger partial charge >= 0.3 is 23.9 Å². The van der Waals surface area contributed by atoms with Crippen LogP contribution in [0.15, 0.2) is 60.7 Å². The summed E-state index contributed by atoms with van der Waals surface area (Å²) in [6.07, 6.45) is 0. The van der Waals surface area contributed by atoms with E-state index in [9.17, 15) is 19.2 Å². The topological polar surface area (TPSA) is 124 Å². The van der Waals surface area contributed by atoms with Crippen molar-refractivity contribution in [1.82, 2.24) is 0 Å². The fourth-order valence-corrected chi connectivity index (χ4v) is 3.86. The molecule has 222 valence electrons. The van der Waals surface area contributed by atoms with Crippen molar-refractivity contribution >= 4 is 23.9 Å². The first-order valence-electron chi connectivity index (χ1n) is 13.6. The predicted molar refractivity (Wildman–Crippen MR) is 152 cm³/mol. The molecule has 0 fully saturated rings. The number of hydrogen-bond acceptors (Lipinski definition) is 10. The maximum Gasteiger partial charge on any atom is 0.338 e. The van der Waals surface area contributed by atoms with Crippen LogP contribution < -0.4 is 9.47 Å². The van der Waals surface area contributed by atoms with E-state index in [1.165, 1.54) is 36.4 Å². The Morgan fingerprint density at radius 2 is 0.762 bits per heavy atom. The molecular formula is C32H34O10. The van der Waals surface area contributed by atoms with E-state index in [1.807, 2.05) is 24.3 Å². The third kappa shape index (κ3) is 8.82. The van der Waals surface area contributed by atoms with Crippen LogP contribution in [0.4, 0.5) is 0 Å². The normalized spacial score (nSPS) is 10.4. The first-order chi connectivity index (χ1) is 20.3. The summed E-state index contributed by atoms with van der Waals surface area (Å²) in [5.74, 6) is -1.80. The van der Waals surface area contributed by atoms with Gasteiger partial charge in [0.15, 0.2) is 0 Å². The van der Waals surface area contributed by atoms with Crippen molar-refractivity contribution in [2.45, 2.75) is 40.9 Å². The van der Waals surface area contributed by atoms with Gasteiger partial charge in [0.1, 0.15) is 24.7 Å². The summed E-state index contributed by atoms with van der Waals surface area (Å²) in [6, 6.07) is 16.2. The maximum atomic E-state index is 12.4. The number of ether oxygens (including phenoxy) is 6. The zero-order valence-corrected chi connectivity index (χ0v) is 24.1. The number of esters is 4. The first-order valence-corrected chi connectivity index (χ1v) is 13.6. The summed E-state index contributed by atoms with van der Waals surface area (Å²) in [5, 5.41) is 0. The van der Waals surface area contributed by atoms with Crippen molar-refractivity contribution in [3.05, 3.63) is 94.0 Å². The van der Waals surface area contributed by atoms with Crippen molar-refractivity contribution in [1.29, 1.82) is 0 Å². The lowest BCUT2D eigenvalue weighted by Crippen LogP contribution is -2.11. The number of rotatable bonds is 14. The molecule has 0 radical (unpaired) electrons. The zero-order valence-electron chi connectivity index (χ0n) is 24.1. The van der Waals surface area contributed by atoms with Gasteiger partial charge in [-0.3, -0.25) is 0 Å². The van der Waals surface area contributed by atoms with Gasteiger partial charge in [-0.1, -0.05) is 24.3 Å². The van der Waals surface area contributed by atoms with Crippen LogP contribution in [0.2, 0.25) is 0 Å². The molecule has 0 aliphatic rings. The zero-order chi connectivity index (χ0) is 30.5. The minimum Gasteiger partial charge on any atom is -0.489 e. The Morgan fingerprint density at radius 1 is 0.476 bits per heavy atom. The molecule has 0 bridgehead atoms. The van der Waals surface area contributed by atoms with Gasteiger partial charge in [-0.25, -0.2) is 19.2 Å². The molecule has 0 saturated carbocycles. The van der Waals surface area contributed by atoms with Gasteiger partial charge in [-0.15, -0.1) is 0 Å². The van der Waals surface area contributed by atoms with Crippen LogP contribution in [-0.4, -0.2) is 50.3 Å². The maximum absolute atomic E-state index is 12.4. The highest BCUT2D eigenvalue weighted by Gasteiger charge is 2.18. The average Bonchev–Trinajstić information content (AvgIpc) is 2.99. The fourth-order valence-electron chi connectivity index (χ4n) is 3.86. The second-order valence-electron chi connectivity index (χ2n) is 8.72. The van der Waals surface area contributed by atoms with Crippen molar-refractivity contribution < 1.29 is 47.6 Å². The lowest BCUT2D eigenvalue weighted by atomic mass is 10.1. The Bertz CT molecular complexity index is 1230. The third-order valence-electron chi connectivity index (χ3n) is 5.76. The lowest BCUT2D eigenvalue weighted by Gasteiger charge is -2.15. The summed E-state index contributed by atoms with van der Waals surface area (Å²) in [7, 11) is 0. The Kier molecular flexibility index (Phi) is 11.9. The van der Waals surface area contributed by atoms with Crippen LogP contribution in [0.3, 0.4) is 0 Å². The van der Waals surface area contributed by atoms with Crippen LogP contribution in [0.5, 0.6) is 11.5 Å². The van der Waals surface area contributed by atoms with Crippen molar-refractivity contribution in [3.8, 4) is 11.5 Å². The second-order valence-corrected chi connectivity index (χ2v) is 8.72. The molecule has 0 atom stereocenters. The summed E-state index contributed by atoms with van der Waals surface area (Å²) in [6.45, 7) is 7.64. The van der Waals surface area contributed by atoms with Crippen LogP contribution in [0, 0.1) is 0 Å². The minimum absolute atomic E-state index is 0.0883. The molecule has 0 aliphatic carbocycles. The largest absolute Gasteiger partial charge is 0.489 e. The van der Waals surface area contributed by atoms with E-state index in [1.54, 1.807) is 27.7 Å². The van der Waals surface area contributed by atoms with Crippen LogP contribution in [0.1, 0.15) is 80.3 Å². The molecule has 3 aromatic carbocycles. The molecule has 0 heterocycles. The molecule has 0 aliphatic heterocycles. The van der Waals surface area contributed by atoms with E-state index >= 15 is 0 Å². The highest BCUT2D eigenvalue weighted by molar-refractivity contribution is 5.97. The SMILES string of the molecule is CCOC(=O)c1cc(OCc2ccccc2COc2cc(C(=O)OCC)cc(C(=O)OCC)c2)cc(C(=O)OCC)c1. The highest BCUT2D eigenvalue weighted by atomic mass is 16.5. The predicted octanol–water partition coefficient (Wildman–Crippen LogP) is 5.55. The summed E-state index contributed by atoms with van der Waals surface area (Å²) >= 11 is 0. The van der Waals surface area contributed by atoms with Gasteiger partial charge < -0.3 is 28.4 Å². The molecule has 3 rings (SSSR count). The fraction of sp³-hybridized carbons (Fsp3) is 0.312. The van der Waals surface area contributed by atoms with E-state index in [0.717, 1.165) is 11.1 Å². The smallest absolute Gasteiger partial charge is 0.338 e. The number of carbonyl (C=O) groups is 4. The number of carbonyl (C=O) groups excluding carboxylic acids is 4. The molecule has 0 amide bonds. The number of hydrogen-bond donors (Lipinski definition) is 0. The molecule has 0 N–H and O–H groups in total. The van der Waals surface area contributed by atoms with Crippen LogP contribution >= 0.6 is 0 Å². The van der Waals surface area contributed by atoms with Crippen molar-refractivity contribution in [3.63, 3.8) is 0 Å². The Morgan fingerprint density at radius 3 is 1.02 bits per heavy atom. The monoisotopic (exact) mass is 578 g/mol. The van der Waals surface area contributed by atoms with E-state index in [0.29, 0.717) is 0 Å². The molecule has 10 nitrogen and oxygen atoms in total. The molecule has 0 spiro atoms. The first kappa shape index (κ1) is 31.7. The molecule has 10 heteroatoms. The van der Waals surface area contributed by atoms with Gasteiger partial charge in [0, 0.05) is 0 Å². The molecule has 0 unspecified atom stereocenters. The Hall–Kier alpha value is -4.86. The standard InChI is InChI=1S/C32H34O10/c1-5-37-29(33)23-13-24(30(34)38-6-2)16-27(15-23)41-19-21-11-9-10-12-22(21)20-42-28-17-25(31(35)39-7-3)14-26(18-28)32(36)40-8-4/h9-18H,5-8,19-20H2,1-4H3. The van der Waals surface area contributed by atoms with Crippen molar-refractivity contribution in [2.75, 3.05) is 26.4 Å². The molecular weight excluding hydrogens is 544 g/mol. The van der Waals surface area contributed by atoms with Crippen molar-refractivity contribution in [2.24, 2.45) is 0 Å². The second kappa shape index (κ2) is 15.8. The summed E-state index contributed by atoms with van der Waals surface area (Å²) in [5.41, 5.74) is 2.18. The van der Waals surface area contributed by atoms with E-state index in [4.69, 9.17) is 28.4 Å². The van der Waals surface area contributed by atoms with E-state index in [-0.39, 0.29) is 73.4 Å². The van der Waals surface area contributed by atoms with Crippen LogP contribution in [-0.2, 0) is 32.2 Å². The Balaban J connectivity index is 1.82. The molecule has 3 aromatic rings. The van der Waals surface area contributed by atoms with Gasteiger partial charge in [0.05, 0.1) is 48.7 Å². The number of benzene rings is 3. The quantitative estimate of drug-likeness (QED) is 0.178. The van der Waals surface area contributed by atoms with E-state index in [2.05, 4.69) is 0 Å². The highest BCUT2D eigenvalue weighted by Crippen LogP contribution is 2.24. The average molecular weight is 579 g/mol. The molecule has 42 heavy (non-hydrogen) atoms. The third-order valence-corrected chi connectivity index (χ3v) is 5.76. The lowest BCUT2D eigenvalue weighted by molar-refractivity contribution is 0.0505. The van der Waals surface area contributed by atoms with E-state index < -0.39 is 23.9 Å². The van der Waals surface area contributed by atoms with Gasteiger partial charge in [0.25, 0.3) is 0 Å². The van der Waals surface area contributed by atoms with Gasteiger partial charge in [-0.05, 0) is 75.2 Å². The molecule has 0 saturated heterocycles. The summed E-state index contributed by atoms with van der Waals surface area (Å²) < 4.78 is 32.3. The molecule has 0 aromatic heterocycles. The minimum atomic E-state index is -0.588. The van der Waals surface area contributed by atoms with Gasteiger partial charge in [0.2, 0.25) is 0 Å². The van der Waals surface area contributed by atoms with Gasteiger partial charge in [-0.2, -0.15) is 0 Å². The summed E-state index contributed by atoms with van der Waals surface area (Å²) in [4.78, 5) is 49.5. The van der Waals surface area contributed by atoms with Crippen LogP contribution in [0.25, 0.3) is 0 Å².